The summed E-state index contributed by atoms with van der Waals surface area (Å²) in [5, 5.41) is 11.1. The van der Waals surface area contributed by atoms with Crippen molar-refractivity contribution in [1.29, 1.82) is 5.26 Å². The van der Waals surface area contributed by atoms with E-state index in [2.05, 4.69) is 5.32 Å². The highest BCUT2D eigenvalue weighted by Crippen LogP contribution is 2.12. The van der Waals surface area contributed by atoms with Crippen LogP contribution < -0.4 is 10.1 Å². The molecule has 0 saturated carbocycles. The van der Waals surface area contributed by atoms with Crippen LogP contribution >= 0.6 is 0 Å². The summed E-state index contributed by atoms with van der Waals surface area (Å²) in [5.74, 6) is 0.458. The fourth-order valence-corrected chi connectivity index (χ4v) is 1.72. The van der Waals surface area contributed by atoms with Crippen LogP contribution in [-0.4, -0.2) is 36.5 Å². The van der Waals surface area contributed by atoms with Gasteiger partial charge in [0, 0.05) is 6.54 Å². The predicted octanol–water partition coefficient (Wildman–Crippen LogP) is 0.879. The Hall–Kier alpha value is -2.55. The molecule has 2 rings (SSSR count). The van der Waals surface area contributed by atoms with E-state index < -0.39 is 0 Å². The maximum atomic E-state index is 11.3. The summed E-state index contributed by atoms with van der Waals surface area (Å²) >= 11 is 0. The fourth-order valence-electron chi connectivity index (χ4n) is 1.72. The van der Waals surface area contributed by atoms with Crippen LogP contribution in [0.5, 0.6) is 5.75 Å². The van der Waals surface area contributed by atoms with E-state index in [9.17, 15) is 9.59 Å². The first kappa shape index (κ1) is 12.9. The van der Waals surface area contributed by atoms with Gasteiger partial charge in [-0.2, -0.15) is 5.26 Å². The van der Waals surface area contributed by atoms with Crippen molar-refractivity contribution in [1.82, 2.24) is 10.2 Å². The number of ether oxygens (including phenoxy) is 1. The smallest absolute Gasteiger partial charge is 0.324 e. The number of carbonyl (C=O) groups is 2. The van der Waals surface area contributed by atoms with Crippen molar-refractivity contribution in [2.45, 2.75) is 6.42 Å². The third-order valence-corrected chi connectivity index (χ3v) is 2.72. The van der Waals surface area contributed by atoms with Crippen LogP contribution in [0.25, 0.3) is 0 Å². The SMILES string of the molecule is N#Cc1ccc(OCCCN2C(=O)CNC2=O)cc1. The first-order valence-corrected chi connectivity index (χ1v) is 5.92. The maximum absolute atomic E-state index is 11.3. The summed E-state index contributed by atoms with van der Waals surface area (Å²) < 4.78 is 5.46. The molecule has 6 nitrogen and oxygen atoms in total. The van der Waals surface area contributed by atoms with Crippen LogP contribution in [0.1, 0.15) is 12.0 Å². The Morgan fingerprint density at radius 1 is 1.32 bits per heavy atom. The molecular formula is C13H13N3O3. The van der Waals surface area contributed by atoms with E-state index in [1.165, 1.54) is 4.90 Å². The van der Waals surface area contributed by atoms with Crippen molar-refractivity contribution in [3.8, 4) is 11.8 Å². The van der Waals surface area contributed by atoms with E-state index in [4.69, 9.17) is 10.00 Å². The molecule has 0 spiro atoms. The number of benzene rings is 1. The summed E-state index contributed by atoms with van der Waals surface area (Å²) in [4.78, 5) is 23.7. The van der Waals surface area contributed by atoms with E-state index >= 15 is 0 Å². The number of carbonyl (C=O) groups excluding carboxylic acids is 2. The molecule has 0 radical (unpaired) electrons. The molecule has 1 aliphatic rings. The van der Waals surface area contributed by atoms with E-state index in [0.29, 0.717) is 30.9 Å². The van der Waals surface area contributed by atoms with Crippen molar-refractivity contribution in [3.63, 3.8) is 0 Å². The topological polar surface area (TPSA) is 82.4 Å². The molecule has 1 aliphatic heterocycles. The Bertz CT molecular complexity index is 503. The summed E-state index contributed by atoms with van der Waals surface area (Å²) in [7, 11) is 0. The Morgan fingerprint density at radius 3 is 2.63 bits per heavy atom. The van der Waals surface area contributed by atoms with Crippen molar-refractivity contribution in [2.75, 3.05) is 19.7 Å². The predicted molar refractivity (Wildman–Crippen MR) is 66.4 cm³/mol. The molecule has 1 aromatic rings. The first-order chi connectivity index (χ1) is 9.20. The van der Waals surface area contributed by atoms with Gasteiger partial charge in [-0.05, 0) is 30.7 Å². The molecular weight excluding hydrogens is 246 g/mol. The quantitative estimate of drug-likeness (QED) is 0.628. The third-order valence-electron chi connectivity index (χ3n) is 2.72. The molecule has 3 amide bonds. The average molecular weight is 259 g/mol. The highest BCUT2D eigenvalue weighted by molar-refractivity contribution is 6.01. The average Bonchev–Trinajstić information content (AvgIpc) is 2.75. The zero-order valence-corrected chi connectivity index (χ0v) is 10.3. The zero-order valence-electron chi connectivity index (χ0n) is 10.3. The van der Waals surface area contributed by atoms with Gasteiger partial charge in [-0.3, -0.25) is 9.69 Å². The largest absolute Gasteiger partial charge is 0.494 e. The van der Waals surface area contributed by atoms with Gasteiger partial charge in [0.15, 0.2) is 0 Å². The highest BCUT2D eigenvalue weighted by Gasteiger charge is 2.27. The van der Waals surface area contributed by atoms with E-state index in [1.807, 2.05) is 6.07 Å². The molecule has 0 atom stereocenters. The van der Waals surface area contributed by atoms with Gasteiger partial charge >= 0.3 is 6.03 Å². The lowest BCUT2D eigenvalue weighted by molar-refractivity contribution is -0.125. The second-order valence-electron chi connectivity index (χ2n) is 4.04. The van der Waals surface area contributed by atoms with E-state index in [1.54, 1.807) is 24.3 Å². The molecule has 0 unspecified atom stereocenters. The van der Waals surface area contributed by atoms with E-state index in [-0.39, 0.29) is 18.5 Å². The minimum atomic E-state index is -0.344. The molecule has 0 aromatic heterocycles. The van der Waals surface area contributed by atoms with Crippen molar-refractivity contribution in [2.24, 2.45) is 0 Å². The number of hydrogen-bond donors (Lipinski definition) is 1. The maximum Gasteiger partial charge on any atom is 0.324 e. The fraction of sp³-hybridized carbons (Fsp3) is 0.308. The number of nitrogens with one attached hydrogen (secondary N) is 1. The van der Waals surface area contributed by atoms with Crippen LogP contribution in [0.2, 0.25) is 0 Å². The number of urea groups is 1. The molecule has 1 N–H and O–H groups in total. The summed E-state index contributed by atoms with van der Waals surface area (Å²) in [6.45, 7) is 0.833. The normalized spacial score (nSPS) is 14.2. The molecule has 0 aliphatic carbocycles. The first-order valence-electron chi connectivity index (χ1n) is 5.92. The Labute approximate surface area is 110 Å². The summed E-state index contributed by atoms with van der Waals surface area (Å²) in [5.41, 5.74) is 0.576. The number of hydrogen-bond acceptors (Lipinski definition) is 4. The zero-order chi connectivity index (χ0) is 13.7. The third kappa shape index (κ3) is 3.22. The van der Waals surface area contributed by atoms with Gasteiger partial charge in [0.1, 0.15) is 5.75 Å². The van der Waals surface area contributed by atoms with Gasteiger partial charge in [-0.1, -0.05) is 0 Å². The van der Waals surface area contributed by atoms with Gasteiger partial charge in [0.2, 0.25) is 5.91 Å². The van der Waals surface area contributed by atoms with Crippen LogP contribution in [0.15, 0.2) is 24.3 Å². The molecule has 19 heavy (non-hydrogen) atoms. The monoisotopic (exact) mass is 259 g/mol. The van der Waals surface area contributed by atoms with E-state index in [0.717, 1.165) is 0 Å². The lowest BCUT2D eigenvalue weighted by atomic mass is 10.2. The molecule has 1 aromatic carbocycles. The second-order valence-corrected chi connectivity index (χ2v) is 4.04. The van der Waals surface area contributed by atoms with Crippen LogP contribution in [0.3, 0.4) is 0 Å². The Kier molecular flexibility index (Phi) is 3.98. The highest BCUT2D eigenvalue weighted by atomic mass is 16.5. The van der Waals surface area contributed by atoms with Crippen molar-refractivity contribution >= 4 is 11.9 Å². The van der Waals surface area contributed by atoms with Crippen molar-refractivity contribution < 1.29 is 14.3 Å². The molecule has 1 saturated heterocycles. The van der Waals surface area contributed by atoms with Crippen molar-refractivity contribution in [3.05, 3.63) is 29.8 Å². The lowest BCUT2D eigenvalue weighted by Crippen LogP contribution is -2.32. The second kappa shape index (κ2) is 5.87. The molecule has 98 valence electrons. The molecule has 0 bridgehead atoms. The number of amides is 3. The van der Waals surface area contributed by atoms with Crippen LogP contribution in [0, 0.1) is 11.3 Å². The Morgan fingerprint density at radius 2 is 2.05 bits per heavy atom. The van der Waals surface area contributed by atoms with Gasteiger partial charge in [0.25, 0.3) is 0 Å². The van der Waals surface area contributed by atoms with Crippen LogP contribution in [0.4, 0.5) is 4.79 Å². The summed E-state index contributed by atoms with van der Waals surface area (Å²) in [6.07, 6.45) is 0.569. The standard InChI is InChI=1S/C13H13N3O3/c14-8-10-2-4-11(5-3-10)19-7-1-6-16-12(17)9-15-13(16)18/h2-5H,1,6-7,9H2,(H,15,18). The van der Waals surface area contributed by atoms with Crippen LogP contribution in [-0.2, 0) is 4.79 Å². The Balaban J connectivity index is 1.73. The number of nitrogens with zero attached hydrogens (tertiary/aromatic N) is 2. The molecule has 1 fully saturated rings. The van der Waals surface area contributed by atoms with Gasteiger partial charge in [-0.15, -0.1) is 0 Å². The number of nitriles is 1. The summed E-state index contributed by atoms with van der Waals surface area (Å²) in [6, 6.07) is 8.46. The van der Waals surface area contributed by atoms with Gasteiger partial charge < -0.3 is 10.1 Å². The minimum absolute atomic E-state index is 0.0787. The molecule has 1 heterocycles. The number of imide groups is 1. The molecule has 6 heteroatoms. The van der Waals surface area contributed by atoms with Gasteiger partial charge in [0.05, 0.1) is 24.8 Å². The number of rotatable bonds is 5. The lowest BCUT2D eigenvalue weighted by Gasteiger charge is -2.12. The minimum Gasteiger partial charge on any atom is -0.494 e. The van der Waals surface area contributed by atoms with Gasteiger partial charge in [-0.25, -0.2) is 4.79 Å².